The van der Waals surface area contributed by atoms with Gasteiger partial charge in [-0.15, -0.1) is 11.3 Å². The van der Waals surface area contributed by atoms with Crippen molar-refractivity contribution in [1.29, 1.82) is 0 Å². The third-order valence-corrected chi connectivity index (χ3v) is 3.48. The van der Waals surface area contributed by atoms with Gasteiger partial charge >= 0.3 is 18.2 Å². The van der Waals surface area contributed by atoms with Crippen molar-refractivity contribution in [1.82, 2.24) is 0 Å². The summed E-state index contributed by atoms with van der Waals surface area (Å²) in [7, 11) is 0. The molecule has 0 atom stereocenters. The second kappa shape index (κ2) is 5.55. The highest BCUT2D eigenvalue weighted by Gasteiger charge is 2.38. The standard InChI is InChI=1S/C12H14F3NO4S/c1-5-6(9(17)18)8(21-7(5)12(13,14)15)16-10(19)20-11(2,3)4/h1-4H3,(H,16,19)(H,17,18). The van der Waals surface area contributed by atoms with Crippen molar-refractivity contribution in [2.24, 2.45) is 0 Å². The molecular formula is C12H14F3NO4S. The van der Waals surface area contributed by atoms with Gasteiger partial charge in [0.05, 0.1) is 5.56 Å². The first-order valence-corrected chi connectivity index (χ1v) is 6.58. The van der Waals surface area contributed by atoms with Crippen LogP contribution in [0.15, 0.2) is 0 Å². The van der Waals surface area contributed by atoms with E-state index in [1.165, 1.54) is 0 Å². The molecule has 1 aromatic heterocycles. The molecule has 2 N–H and O–H groups in total. The number of amides is 1. The van der Waals surface area contributed by atoms with Gasteiger partial charge in [-0.3, -0.25) is 5.32 Å². The monoisotopic (exact) mass is 325 g/mol. The van der Waals surface area contributed by atoms with E-state index in [2.05, 4.69) is 5.32 Å². The van der Waals surface area contributed by atoms with Crippen molar-refractivity contribution in [3.05, 3.63) is 16.0 Å². The number of carbonyl (C=O) groups excluding carboxylic acids is 1. The Balaban J connectivity index is 3.18. The van der Waals surface area contributed by atoms with Crippen molar-refractivity contribution >= 4 is 28.4 Å². The molecule has 0 spiro atoms. The van der Waals surface area contributed by atoms with Crippen LogP contribution in [0.25, 0.3) is 0 Å². The zero-order valence-corrected chi connectivity index (χ0v) is 12.5. The van der Waals surface area contributed by atoms with E-state index < -0.39 is 44.8 Å². The lowest BCUT2D eigenvalue weighted by Crippen LogP contribution is -2.27. The van der Waals surface area contributed by atoms with Gasteiger partial charge in [-0.2, -0.15) is 13.2 Å². The molecule has 0 saturated carbocycles. The van der Waals surface area contributed by atoms with Crippen molar-refractivity contribution in [3.8, 4) is 0 Å². The number of carboxylic acids is 1. The minimum atomic E-state index is -4.69. The van der Waals surface area contributed by atoms with Gasteiger partial charge in [0.25, 0.3) is 0 Å². The van der Waals surface area contributed by atoms with Crippen molar-refractivity contribution in [3.63, 3.8) is 0 Å². The lowest BCUT2D eigenvalue weighted by Gasteiger charge is -2.19. The number of rotatable bonds is 2. The van der Waals surface area contributed by atoms with E-state index in [0.717, 1.165) is 6.92 Å². The maximum absolute atomic E-state index is 12.8. The maximum Gasteiger partial charge on any atom is 0.425 e. The fraction of sp³-hybridized carbons (Fsp3) is 0.500. The van der Waals surface area contributed by atoms with Gasteiger partial charge in [0.15, 0.2) is 0 Å². The average molecular weight is 325 g/mol. The van der Waals surface area contributed by atoms with E-state index in [1.54, 1.807) is 20.8 Å². The summed E-state index contributed by atoms with van der Waals surface area (Å²) in [5.74, 6) is -1.55. The van der Waals surface area contributed by atoms with Crippen LogP contribution in [0.1, 0.15) is 41.6 Å². The largest absolute Gasteiger partial charge is 0.478 e. The summed E-state index contributed by atoms with van der Waals surface area (Å²) < 4.78 is 43.3. The first kappa shape index (κ1) is 17.3. The third kappa shape index (κ3) is 4.35. The molecule has 9 heteroatoms. The molecule has 0 aliphatic rings. The normalized spacial score (nSPS) is 12.1. The Kier molecular flexibility index (Phi) is 4.57. The van der Waals surface area contributed by atoms with Gasteiger partial charge < -0.3 is 9.84 Å². The molecule has 0 radical (unpaired) electrons. The summed E-state index contributed by atoms with van der Waals surface area (Å²) in [4.78, 5) is 21.6. The first-order valence-electron chi connectivity index (χ1n) is 5.77. The number of hydrogen-bond donors (Lipinski definition) is 2. The third-order valence-electron chi connectivity index (χ3n) is 2.23. The Morgan fingerprint density at radius 2 is 1.76 bits per heavy atom. The Morgan fingerprint density at radius 1 is 1.24 bits per heavy atom. The minimum Gasteiger partial charge on any atom is -0.478 e. The molecule has 0 bridgehead atoms. The van der Waals surface area contributed by atoms with Crippen LogP contribution in [-0.4, -0.2) is 22.8 Å². The van der Waals surface area contributed by atoms with Gasteiger partial charge in [0.1, 0.15) is 15.5 Å². The predicted molar refractivity (Wildman–Crippen MR) is 70.9 cm³/mol. The van der Waals surface area contributed by atoms with Crippen molar-refractivity contribution in [2.45, 2.75) is 39.5 Å². The van der Waals surface area contributed by atoms with Crippen LogP contribution >= 0.6 is 11.3 Å². The van der Waals surface area contributed by atoms with Gasteiger partial charge in [0, 0.05) is 0 Å². The smallest absolute Gasteiger partial charge is 0.425 e. The molecule has 0 saturated heterocycles. The summed E-state index contributed by atoms with van der Waals surface area (Å²) in [5.41, 5.74) is -1.88. The number of hydrogen-bond acceptors (Lipinski definition) is 4. The summed E-state index contributed by atoms with van der Waals surface area (Å²) >= 11 is 0.158. The van der Waals surface area contributed by atoms with Gasteiger partial charge in [-0.25, -0.2) is 9.59 Å². The summed E-state index contributed by atoms with van der Waals surface area (Å²) in [6.07, 6.45) is -5.70. The molecular weight excluding hydrogens is 311 g/mol. The predicted octanol–water partition coefficient (Wildman–Crippen LogP) is 4.12. The Morgan fingerprint density at radius 3 is 2.14 bits per heavy atom. The molecule has 5 nitrogen and oxygen atoms in total. The highest BCUT2D eigenvalue weighted by molar-refractivity contribution is 7.17. The number of carboxylic acid groups (broad SMARTS) is 1. The highest BCUT2D eigenvalue weighted by Crippen LogP contribution is 2.43. The number of nitrogens with one attached hydrogen (secondary N) is 1. The molecule has 0 aliphatic heterocycles. The van der Waals surface area contributed by atoms with E-state index in [4.69, 9.17) is 9.84 Å². The highest BCUT2D eigenvalue weighted by atomic mass is 32.1. The number of aromatic carboxylic acids is 1. The number of alkyl halides is 3. The molecule has 0 unspecified atom stereocenters. The van der Waals surface area contributed by atoms with Gasteiger partial charge in [-0.1, -0.05) is 0 Å². The summed E-state index contributed by atoms with van der Waals surface area (Å²) in [6.45, 7) is 5.77. The fourth-order valence-corrected chi connectivity index (χ4v) is 2.58. The van der Waals surface area contributed by atoms with Crippen LogP contribution in [-0.2, 0) is 10.9 Å². The molecule has 118 valence electrons. The van der Waals surface area contributed by atoms with E-state index in [0.29, 0.717) is 0 Å². The molecule has 0 fully saturated rings. The first-order chi connectivity index (χ1) is 9.33. The zero-order chi connectivity index (χ0) is 16.6. The second-order valence-electron chi connectivity index (χ2n) is 5.19. The van der Waals surface area contributed by atoms with Gasteiger partial charge in [0.2, 0.25) is 0 Å². The van der Waals surface area contributed by atoms with Crippen LogP contribution in [0.3, 0.4) is 0 Å². The average Bonchev–Trinajstić information content (AvgIpc) is 2.51. The Bertz CT molecular complexity index is 572. The Labute approximate surface area is 122 Å². The molecule has 21 heavy (non-hydrogen) atoms. The van der Waals surface area contributed by atoms with Crippen LogP contribution in [0.4, 0.5) is 23.0 Å². The van der Waals surface area contributed by atoms with Crippen molar-refractivity contribution < 1.29 is 32.6 Å². The molecule has 1 rings (SSSR count). The van der Waals surface area contributed by atoms with Crippen LogP contribution in [0.2, 0.25) is 0 Å². The fourth-order valence-electron chi connectivity index (χ4n) is 1.53. The quantitative estimate of drug-likeness (QED) is 0.857. The number of anilines is 1. The second-order valence-corrected chi connectivity index (χ2v) is 6.21. The lowest BCUT2D eigenvalue weighted by molar-refractivity contribution is -0.134. The van der Waals surface area contributed by atoms with Crippen molar-refractivity contribution in [2.75, 3.05) is 5.32 Å². The van der Waals surface area contributed by atoms with Crippen LogP contribution in [0, 0.1) is 6.92 Å². The summed E-state index contributed by atoms with van der Waals surface area (Å²) in [5, 5.41) is 10.7. The van der Waals surface area contributed by atoms with E-state index in [9.17, 15) is 22.8 Å². The van der Waals surface area contributed by atoms with Gasteiger partial charge in [-0.05, 0) is 33.3 Å². The number of halogens is 3. The molecule has 1 aromatic rings. The van der Waals surface area contributed by atoms with Crippen LogP contribution < -0.4 is 5.32 Å². The summed E-state index contributed by atoms with van der Waals surface area (Å²) in [6, 6.07) is 0. The number of carbonyl (C=O) groups is 2. The maximum atomic E-state index is 12.8. The molecule has 1 heterocycles. The molecule has 0 aromatic carbocycles. The SMILES string of the molecule is Cc1c(C(F)(F)F)sc(NC(=O)OC(C)(C)C)c1C(=O)O. The zero-order valence-electron chi connectivity index (χ0n) is 11.7. The lowest BCUT2D eigenvalue weighted by atomic mass is 10.1. The minimum absolute atomic E-state index is 0.158. The van der Waals surface area contributed by atoms with E-state index in [1.807, 2.05) is 0 Å². The van der Waals surface area contributed by atoms with Crippen LogP contribution in [0.5, 0.6) is 0 Å². The molecule has 1 amide bonds. The topological polar surface area (TPSA) is 75.6 Å². The number of thiophene rings is 1. The van der Waals surface area contributed by atoms with E-state index >= 15 is 0 Å². The number of ether oxygens (including phenoxy) is 1. The molecule has 0 aliphatic carbocycles. The van der Waals surface area contributed by atoms with E-state index in [-0.39, 0.29) is 11.3 Å². The Hall–Kier alpha value is -1.77.